The van der Waals surface area contributed by atoms with Gasteiger partial charge in [0.25, 0.3) is 5.91 Å². The lowest BCUT2D eigenvalue weighted by Crippen LogP contribution is -2.52. The molecule has 1 heterocycles. The summed E-state index contributed by atoms with van der Waals surface area (Å²) in [6, 6.07) is 31.2. The Labute approximate surface area is 316 Å². The third kappa shape index (κ3) is 8.63. The fraction of sp³-hybridized carbons (Fsp3) is 0.214. The van der Waals surface area contributed by atoms with Crippen molar-refractivity contribution in [2.24, 2.45) is 0 Å². The highest BCUT2D eigenvalue weighted by Gasteiger charge is 2.41. The predicted octanol–water partition coefficient (Wildman–Crippen LogP) is 7.82. The third-order valence-corrected chi connectivity index (χ3v) is 11.7. The minimum absolute atomic E-state index is 0.0262. The standard InChI is InChI=1S/C42H37F3N2O7S/c1-54-41(51)37(26-28-13-15-30(16-14-28)29-8-3-2-4-9-29)46(27-35-10-7-25-47(35)55(52,53)38-12-6-5-11-36(38)40(49)50)39(48)33-19-17-31(18-20-33)32-21-23-34(24-22-32)42(43,44)45/h2-6,8-9,11-24,35,37H,7,10,25-27H2,1H3,(H,49,50). The van der Waals surface area contributed by atoms with Crippen LogP contribution in [0.1, 0.15) is 44.7 Å². The maximum absolute atomic E-state index is 14.5. The molecule has 9 nitrogen and oxygen atoms in total. The molecule has 0 bridgehead atoms. The van der Waals surface area contributed by atoms with Gasteiger partial charge in [-0.2, -0.15) is 17.5 Å². The van der Waals surface area contributed by atoms with E-state index in [-0.39, 0.29) is 35.5 Å². The molecule has 0 aliphatic carbocycles. The van der Waals surface area contributed by atoms with E-state index >= 15 is 0 Å². The Balaban J connectivity index is 1.35. The van der Waals surface area contributed by atoms with Crippen LogP contribution in [0.25, 0.3) is 22.3 Å². The highest BCUT2D eigenvalue weighted by Crippen LogP contribution is 2.33. The fourth-order valence-electron chi connectivity index (χ4n) is 6.85. The molecule has 1 fully saturated rings. The van der Waals surface area contributed by atoms with Gasteiger partial charge in [0.2, 0.25) is 10.0 Å². The summed E-state index contributed by atoms with van der Waals surface area (Å²) in [6.07, 6.45) is -3.72. The Hall–Kier alpha value is -5.79. The van der Waals surface area contributed by atoms with E-state index in [9.17, 15) is 41.1 Å². The zero-order valence-corrected chi connectivity index (χ0v) is 30.5. The van der Waals surface area contributed by atoms with Crippen molar-refractivity contribution in [3.05, 3.63) is 150 Å². The number of carboxylic acids is 1. The van der Waals surface area contributed by atoms with Gasteiger partial charge in [0.1, 0.15) is 6.04 Å². The summed E-state index contributed by atoms with van der Waals surface area (Å²) < 4.78 is 73.9. The Morgan fingerprint density at radius 2 is 1.35 bits per heavy atom. The Kier molecular flexibility index (Phi) is 11.5. The molecular formula is C42H37F3N2O7S. The number of alkyl halides is 3. The number of ether oxygens (including phenoxy) is 1. The van der Waals surface area contributed by atoms with E-state index in [0.717, 1.165) is 23.3 Å². The summed E-state index contributed by atoms with van der Waals surface area (Å²) >= 11 is 0. The van der Waals surface area contributed by atoms with Crippen LogP contribution in [0.2, 0.25) is 0 Å². The second-order valence-corrected chi connectivity index (χ2v) is 15.0. The summed E-state index contributed by atoms with van der Waals surface area (Å²) in [4.78, 5) is 41.1. The first-order valence-electron chi connectivity index (χ1n) is 17.4. The average molecular weight is 771 g/mol. The molecule has 0 saturated carbocycles. The number of carbonyl (C=O) groups is 3. The molecular weight excluding hydrogens is 734 g/mol. The number of carboxylic acid groups (broad SMARTS) is 1. The molecule has 1 saturated heterocycles. The van der Waals surface area contributed by atoms with Crippen LogP contribution >= 0.6 is 0 Å². The Morgan fingerprint density at radius 3 is 1.93 bits per heavy atom. The summed E-state index contributed by atoms with van der Waals surface area (Å²) in [5.74, 6) is -2.74. The fourth-order valence-corrected chi connectivity index (χ4v) is 8.72. The molecule has 0 aromatic heterocycles. The number of rotatable bonds is 12. The number of sulfonamides is 1. The van der Waals surface area contributed by atoms with Crippen LogP contribution in [0.15, 0.2) is 132 Å². The number of aromatic carboxylic acids is 1. The summed E-state index contributed by atoms with van der Waals surface area (Å²) in [7, 11) is -3.16. The van der Waals surface area contributed by atoms with Crippen molar-refractivity contribution in [2.75, 3.05) is 20.2 Å². The largest absolute Gasteiger partial charge is 0.478 e. The topological polar surface area (TPSA) is 121 Å². The smallest absolute Gasteiger partial charge is 0.416 e. The molecule has 5 aromatic rings. The molecule has 284 valence electrons. The molecule has 55 heavy (non-hydrogen) atoms. The normalized spacial score (nSPS) is 15.3. The molecule has 13 heteroatoms. The molecule has 1 amide bonds. The number of methoxy groups -OCH3 is 1. The van der Waals surface area contributed by atoms with Crippen molar-refractivity contribution in [2.45, 2.75) is 42.4 Å². The molecule has 5 aromatic carbocycles. The number of nitrogens with zero attached hydrogens (tertiary/aromatic N) is 2. The number of hydrogen-bond acceptors (Lipinski definition) is 6. The lowest BCUT2D eigenvalue weighted by molar-refractivity contribution is -0.146. The van der Waals surface area contributed by atoms with Crippen molar-refractivity contribution >= 4 is 27.9 Å². The van der Waals surface area contributed by atoms with E-state index in [1.807, 2.05) is 54.6 Å². The minimum atomic E-state index is -4.49. The second-order valence-electron chi connectivity index (χ2n) is 13.1. The van der Waals surface area contributed by atoms with E-state index in [1.54, 1.807) is 12.1 Å². The quantitative estimate of drug-likeness (QED) is 0.129. The van der Waals surface area contributed by atoms with Crippen molar-refractivity contribution < 1.29 is 45.8 Å². The van der Waals surface area contributed by atoms with Crippen molar-refractivity contribution in [1.82, 2.24) is 9.21 Å². The van der Waals surface area contributed by atoms with Gasteiger partial charge in [-0.15, -0.1) is 0 Å². The molecule has 1 aliphatic rings. The zero-order valence-electron chi connectivity index (χ0n) is 29.6. The first-order chi connectivity index (χ1) is 26.3. The number of halogens is 3. The molecule has 2 atom stereocenters. The zero-order chi connectivity index (χ0) is 39.3. The molecule has 0 spiro atoms. The van der Waals surface area contributed by atoms with E-state index in [0.29, 0.717) is 29.5 Å². The summed E-state index contributed by atoms with van der Waals surface area (Å²) in [6.45, 7) is -0.162. The van der Waals surface area contributed by atoms with Crippen molar-refractivity contribution in [3.8, 4) is 22.3 Å². The maximum Gasteiger partial charge on any atom is 0.416 e. The number of carbonyl (C=O) groups excluding carboxylic acids is 2. The van der Waals surface area contributed by atoms with Crippen LogP contribution < -0.4 is 0 Å². The van der Waals surface area contributed by atoms with Gasteiger partial charge in [0, 0.05) is 31.1 Å². The van der Waals surface area contributed by atoms with Crippen LogP contribution in [-0.4, -0.2) is 72.9 Å². The van der Waals surface area contributed by atoms with Gasteiger partial charge in [-0.25, -0.2) is 18.0 Å². The first kappa shape index (κ1) is 38.9. The lowest BCUT2D eigenvalue weighted by atomic mass is 9.98. The third-order valence-electron chi connectivity index (χ3n) is 9.71. The van der Waals surface area contributed by atoms with Gasteiger partial charge in [0.15, 0.2) is 0 Å². The Bertz CT molecular complexity index is 2260. The van der Waals surface area contributed by atoms with Crippen LogP contribution in [0, 0.1) is 0 Å². The Morgan fingerprint density at radius 1 is 0.800 bits per heavy atom. The maximum atomic E-state index is 14.5. The van der Waals surface area contributed by atoms with Crippen molar-refractivity contribution in [1.29, 1.82) is 0 Å². The summed E-state index contributed by atoms with van der Waals surface area (Å²) in [5, 5.41) is 9.77. The number of benzene rings is 5. The minimum Gasteiger partial charge on any atom is -0.478 e. The van der Waals surface area contributed by atoms with Crippen molar-refractivity contribution in [3.63, 3.8) is 0 Å². The van der Waals surface area contributed by atoms with E-state index in [1.165, 1.54) is 64.8 Å². The molecule has 6 rings (SSSR count). The van der Waals surface area contributed by atoms with Crippen LogP contribution in [0.5, 0.6) is 0 Å². The number of esters is 1. The molecule has 2 unspecified atom stereocenters. The first-order valence-corrected chi connectivity index (χ1v) is 18.9. The number of amides is 1. The number of hydrogen-bond donors (Lipinski definition) is 1. The van der Waals surface area contributed by atoms with Gasteiger partial charge >= 0.3 is 18.1 Å². The van der Waals surface area contributed by atoms with Gasteiger partial charge < -0.3 is 14.7 Å². The van der Waals surface area contributed by atoms with E-state index in [2.05, 4.69) is 0 Å². The van der Waals surface area contributed by atoms with Gasteiger partial charge in [-0.3, -0.25) is 4.79 Å². The van der Waals surface area contributed by atoms with Crippen LogP contribution in [0.4, 0.5) is 13.2 Å². The SMILES string of the molecule is COC(=O)C(Cc1ccc(-c2ccccc2)cc1)N(CC1CCCN1S(=O)(=O)c1ccccc1C(=O)O)C(=O)c1ccc(-c2ccc(C(F)(F)F)cc2)cc1. The molecule has 1 aliphatic heterocycles. The monoisotopic (exact) mass is 770 g/mol. The second kappa shape index (κ2) is 16.3. The summed E-state index contributed by atoms with van der Waals surface area (Å²) in [5.41, 5.74) is 2.63. The van der Waals surface area contributed by atoms with Crippen LogP contribution in [-0.2, 0) is 32.2 Å². The average Bonchev–Trinajstić information content (AvgIpc) is 3.68. The highest BCUT2D eigenvalue weighted by atomic mass is 32.2. The highest BCUT2D eigenvalue weighted by molar-refractivity contribution is 7.89. The lowest BCUT2D eigenvalue weighted by Gasteiger charge is -2.35. The molecule has 0 radical (unpaired) electrons. The van der Waals surface area contributed by atoms with Gasteiger partial charge in [-0.05, 0) is 77.1 Å². The van der Waals surface area contributed by atoms with Gasteiger partial charge in [0.05, 0.1) is 23.1 Å². The molecule has 1 N–H and O–H groups in total. The van der Waals surface area contributed by atoms with Crippen LogP contribution in [0.3, 0.4) is 0 Å². The van der Waals surface area contributed by atoms with E-state index < -0.39 is 51.7 Å². The van der Waals surface area contributed by atoms with E-state index in [4.69, 9.17) is 4.74 Å². The predicted molar refractivity (Wildman–Crippen MR) is 200 cm³/mol. The van der Waals surface area contributed by atoms with Gasteiger partial charge in [-0.1, -0.05) is 91.0 Å².